The highest BCUT2D eigenvalue weighted by atomic mass is 16.2. The standard InChI is InChI=1S/C14H15N5O2/c1-3-8(2)15-13(20)11-12-14(21)16-9-6-4-5-7-10(9)19(12)18-17-11/h4-8H,3H2,1-2H3,(H,15,20)(H,16,21)/t8-/m0/s1. The molecule has 0 fully saturated rings. The summed E-state index contributed by atoms with van der Waals surface area (Å²) in [5.74, 6) is -0.389. The highest BCUT2D eigenvalue weighted by Gasteiger charge is 2.20. The first-order valence-corrected chi connectivity index (χ1v) is 6.79. The van der Waals surface area contributed by atoms with Gasteiger partial charge in [-0.2, -0.15) is 0 Å². The fourth-order valence-electron chi connectivity index (χ4n) is 2.15. The van der Waals surface area contributed by atoms with Gasteiger partial charge in [-0.15, -0.1) is 5.10 Å². The second-order valence-corrected chi connectivity index (χ2v) is 4.95. The van der Waals surface area contributed by atoms with E-state index in [4.69, 9.17) is 0 Å². The molecule has 108 valence electrons. The van der Waals surface area contributed by atoms with Crippen molar-refractivity contribution in [1.29, 1.82) is 0 Å². The molecule has 0 bridgehead atoms. The van der Waals surface area contributed by atoms with Gasteiger partial charge in [0, 0.05) is 6.04 Å². The second kappa shape index (κ2) is 5.01. The number of benzene rings is 1. The minimum Gasteiger partial charge on any atom is -0.348 e. The zero-order valence-corrected chi connectivity index (χ0v) is 11.8. The molecule has 2 heterocycles. The molecular formula is C14H15N5O2. The number of hydrogen-bond acceptors (Lipinski definition) is 4. The molecule has 0 unspecified atom stereocenters. The van der Waals surface area contributed by atoms with Crippen LogP contribution in [0.2, 0.25) is 0 Å². The van der Waals surface area contributed by atoms with Gasteiger partial charge in [0.15, 0.2) is 11.2 Å². The molecule has 1 atom stereocenters. The van der Waals surface area contributed by atoms with Crippen LogP contribution in [0.25, 0.3) is 16.6 Å². The number of rotatable bonds is 3. The normalized spacial score (nSPS) is 12.7. The van der Waals surface area contributed by atoms with Gasteiger partial charge in [-0.1, -0.05) is 24.3 Å². The average Bonchev–Trinajstić information content (AvgIpc) is 2.93. The Labute approximate surface area is 120 Å². The Hall–Kier alpha value is -2.70. The van der Waals surface area contributed by atoms with E-state index in [2.05, 4.69) is 20.6 Å². The summed E-state index contributed by atoms with van der Waals surface area (Å²) in [6.07, 6.45) is 0.796. The Morgan fingerprint density at radius 2 is 2.19 bits per heavy atom. The van der Waals surface area contributed by atoms with Gasteiger partial charge in [0.2, 0.25) is 0 Å². The van der Waals surface area contributed by atoms with E-state index in [9.17, 15) is 9.59 Å². The molecule has 0 radical (unpaired) electrons. The van der Waals surface area contributed by atoms with Gasteiger partial charge in [-0.3, -0.25) is 9.59 Å². The highest BCUT2D eigenvalue weighted by molar-refractivity contribution is 5.99. The number of amides is 1. The molecular weight excluding hydrogens is 270 g/mol. The zero-order valence-electron chi connectivity index (χ0n) is 11.8. The second-order valence-electron chi connectivity index (χ2n) is 4.95. The zero-order chi connectivity index (χ0) is 15.0. The van der Waals surface area contributed by atoms with Crippen molar-refractivity contribution < 1.29 is 4.79 Å². The number of nitrogens with zero attached hydrogens (tertiary/aromatic N) is 3. The lowest BCUT2D eigenvalue weighted by atomic mass is 10.2. The van der Waals surface area contributed by atoms with Crippen LogP contribution in [-0.4, -0.2) is 31.8 Å². The van der Waals surface area contributed by atoms with Crippen molar-refractivity contribution in [2.75, 3.05) is 0 Å². The molecule has 1 amide bonds. The topological polar surface area (TPSA) is 92.2 Å². The number of H-pyrrole nitrogens is 1. The summed E-state index contributed by atoms with van der Waals surface area (Å²) in [4.78, 5) is 27.1. The Bertz CT molecular complexity index is 880. The molecule has 7 nitrogen and oxygen atoms in total. The van der Waals surface area contributed by atoms with Crippen LogP contribution in [0.4, 0.5) is 0 Å². The molecule has 3 rings (SSSR count). The van der Waals surface area contributed by atoms with Crippen LogP contribution in [0.3, 0.4) is 0 Å². The van der Waals surface area contributed by atoms with E-state index in [1.807, 2.05) is 32.0 Å². The fraction of sp³-hybridized carbons (Fsp3) is 0.286. The van der Waals surface area contributed by atoms with Crippen molar-refractivity contribution >= 4 is 22.5 Å². The summed E-state index contributed by atoms with van der Waals surface area (Å²) in [6, 6.07) is 7.24. The third-order valence-electron chi connectivity index (χ3n) is 3.47. The van der Waals surface area contributed by atoms with Gasteiger partial charge in [0.1, 0.15) is 0 Å². The number of hydrogen-bond donors (Lipinski definition) is 2. The van der Waals surface area contributed by atoms with Crippen LogP contribution in [0, 0.1) is 0 Å². The summed E-state index contributed by atoms with van der Waals surface area (Å²) in [5.41, 5.74) is 1.17. The quantitative estimate of drug-likeness (QED) is 0.753. The number of carbonyl (C=O) groups excluding carboxylic acids is 1. The molecule has 0 aliphatic carbocycles. The molecule has 2 aromatic heterocycles. The molecule has 3 aromatic rings. The van der Waals surface area contributed by atoms with Crippen molar-refractivity contribution in [1.82, 2.24) is 25.1 Å². The molecule has 0 aliphatic rings. The average molecular weight is 285 g/mol. The third-order valence-corrected chi connectivity index (χ3v) is 3.47. The van der Waals surface area contributed by atoms with Gasteiger partial charge >= 0.3 is 0 Å². The maximum atomic E-state index is 12.2. The van der Waals surface area contributed by atoms with Gasteiger partial charge in [0.25, 0.3) is 11.5 Å². The molecule has 0 aliphatic heterocycles. The van der Waals surface area contributed by atoms with Crippen LogP contribution in [0.1, 0.15) is 30.8 Å². The summed E-state index contributed by atoms with van der Waals surface area (Å²) >= 11 is 0. The number of nitrogens with one attached hydrogen (secondary N) is 2. The van der Waals surface area contributed by atoms with E-state index in [0.717, 1.165) is 6.42 Å². The first-order chi connectivity index (χ1) is 10.1. The molecule has 0 spiro atoms. The van der Waals surface area contributed by atoms with Crippen LogP contribution in [0.15, 0.2) is 29.1 Å². The van der Waals surface area contributed by atoms with Crippen LogP contribution < -0.4 is 10.9 Å². The lowest BCUT2D eigenvalue weighted by molar-refractivity contribution is 0.0935. The smallest absolute Gasteiger partial charge is 0.277 e. The molecule has 7 heteroatoms. The predicted octanol–water partition coefficient (Wildman–Crippen LogP) is 1.10. The lowest BCUT2D eigenvalue weighted by Crippen LogP contribution is -2.33. The van der Waals surface area contributed by atoms with Crippen LogP contribution >= 0.6 is 0 Å². The van der Waals surface area contributed by atoms with Gasteiger partial charge in [-0.25, -0.2) is 4.52 Å². The van der Waals surface area contributed by atoms with E-state index in [1.54, 1.807) is 6.07 Å². The number of aromatic amines is 1. The van der Waals surface area contributed by atoms with Gasteiger partial charge < -0.3 is 10.3 Å². The highest BCUT2D eigenvalue weighted by Crippen LogP contribution is 2.12. The summed E-state index contributed by atoms with van der Waals surface area (Å²) in [6.45, 7) is 3.86. The van der Waals surface area contributed by atoms with Crippen LogP contribution in [-0.2, 0) is 0 Å². The van der Waals surface area contributed by atoms with Crippen molar-refractivity contribution in [2.45, 2.75) is 26.3 Å². The molecule has 0 saturated heterocycles. The van der Waals surface area contributed by atoms with Gasteiger partial charge in [0.05, 0.1) is 11.0 Å². The van der Waals surface area contributed by atoms with E-state index in [0.29, 0.717) is 11.0 Å². The van der Waals surface area contributed by atoms with E-state index < -0.39 is 0 Å². The number of fused-ring (bicyclic) bond motifs is 3. The molecule has 21 heavy (non-hydrogen) atoms. The number of aromatic nitrogens is 4. The Morgan fingerprint density at radius 3 is 2.95 bits per heavy atom. The maximum absolute atomic E-state index is 12.2. The minimum absolute atomic E-state index is 0.00814. The summed E-state index contributed by atoms with van der Waals surface area (Å²) < 4.78 is 1.40. The fourth-order valence-corrected chi connectivity index (χ4v) is 2.15. The Balaban J connectivity index is 2.20. The SMILES string of the molecule is CC[C@H](C)NC(=O)c1nnn2c1c(=O)[nH]c1ccccc12. The first kappa shape index (κ1) is 13.3. The number of para-hydroxylation sites is 2. The third kappa shape index (κ3) is 2.16. The molecule has 2 N–H and O–H groups in total. The monoisotopic (exact) mass is 285 g/mol. The molecule has 0 saturated carbocycles. The minimum atomic E-state index is -0.389. The van der Waals surface area contributed by atoms with E-state index in [1.165, 1.54) is 4.52 Å². The van der Waals surface area contributed by atoms with Gasteiger partial charge in [-0.05, 0) is 25.5 Å². The Morgan fingerprint density at radius 1 is 1.43 bits per heavy atom. The van der Waals surface area contributed by atoms with Crippen LogP contribution in [0.5, 0.6) is 0 Å². The van der Waals surface area contributed by atoms with Crippen molar-refractivity contribution in [2.24, 2.45) is 0 Å². The largest absolute Gasteiger partial charge is 0.348 e. The number of carbonyl (C=O) groups is 1. The maximum Gasteiger partial charge on any atom is 0.277 e. The van der Waals surface area contributed by atoms with Crippen molar-refractivity contribution in [3.63, 3.8) is 0 Å². The van der Waals surface area contributed by atoms with E-state index >= 15 is 0 Å². The van der Waals surface area contributed by atoms with Crippen molar-refractivity contribution in [3.8, 4) is 0 Å². The summed E-state index contributed by atoms with van der Waals surface area (Å²) in [7, 11) is 0. The van der Waals surface area contributed by atoms with Crippen molar-refractivity contribution in [3.05, 3.63) is 40.3 Å². The predicted molar refractivity (Wildman–Crippen MR) is 78.3 cm³/mol. The van der Waals surface area contributed by atoms with E-state index in [-0.39, 0.29) is 28.7 Å². The molecule has 1 aromatic carbocycles. The lowest BCUT2D eigenvalue weighted by Gasteiger charge is -2.09. The first-order valence-electron chi connectivity index (χ1n) is 6.79. The summed E-state index contributed by atoms with van der Waals surface area (Å²) in [5, 5.41) is 10.6. The Kier molecular flexibility index (Phi) is 3.17.